The number of aliphatic hydroxyl groups is 1. The largest absolute Gasteiger partial charge is 0.396 e. The van der Waals surface area contributed by atoms with Gasteiger partial charge < -0.3 is 25.4 Å². The van der Waals surface area contributed by atoms with Crippen molar-refractivity contribution in [2.24, 2.45) is 0 Å². The van der Waals surface area contributed by atoms with Crippen LogP contribution < -0.4 is 10.6 Å². The Labute approximate surface area is 149 Å². The summed E-state index contributed by atoms with van der Waals surface area (Å²) < 4.78 is 5.70. The van der Waals surface area contributed by atoms with Crippen molar-refractivity contribution >= 4 is 11.6 Å². The minimum Gasteiger partial charge on any atom is -0.396 e. The fraction of sp³-hybridized carbons (Fsp3) is 0.667. The molecule has 0 spiro atoms. The molecule has 1 aromatic rings. The fourth-order valence-corrected chi connectivity index (χ4v) is 3.47. The van der Waals surface area contributed by atoms with Gasteiger partial charge in [0.1, 0.15) is 17.7 Å². The highest BCUT2D eigenvalue weighted by Crippen LogP contribution is 2.31. The molecule has 0 bridgehead atoms. The van der Waals surface area contributed by atoms with Gasteiger partial charge in [-0.1, -0.05) is 0 Å². The van der Waals surface area contributed by atoms with Gasteiger partial charge in [-0.05, 0) is 38.3 Å². The second-order valence-corrected chi connectivity index (χ2v) is 6.76. The first-order valence-corrected chi connectivity index (χ1v) is 9.07. The molecule has 3 N–H and O–H groups in total. The molecule has 1 atom stereocenters. The molecule has 2 aliphatic heterocycles. The van der Waals surface area contributed by atoms with Crippen molar-refractivity contribution in [2.45, 2.75) is 38.3 Å². The monoisotopic (exact) mass is 345 g/mol. The zero-order chi connectivity index (χ0) is 17.6. The fourth-order valence-electron chi connectivity index (χ4n) is 3.47. The predicted octanol–water partition coefficient (Wildman–Crippen LogP) is 1.33. The number of fused-ring (bicyclic) bond motifs is 1. The van der Waals surface area contributed by atoms with Crippen LogP contribution in [-0.2, 0) is 17.7 Å². The van der Waals surface area contributed by atoms with Gasteiger partial charge in [-0.2, -0.15) is 5.26 Å². The Morgan fingerprint density at radius 1 is 1.36 bits per heavy atom. The highest BCUT2D eigenvalue weighted by molar-refractivity contribution is 5.66. The summed E-state index contributed by atoms with van der Waals surface area (Å²) in [5.41, 5.74) is 2.86. The minimum absolute atomic E-state index is 0.120. The van der Waals surface area contributed by atoms with E-state index in [1.165, 1.54) is 0 Å². The molecule has 1 fully saturated rings. The molecule has 1 saturated heterocycles. The van der Waals surface area contributed by atoms with Gasteiger partial charge in [-0.15, -0.1) is 0 Å². The molecule has 0 aliphatic carbocycles. The van der Waals surface area contributed by atoms with Crippen molar-refractivity contribution in [3.8, 4) is 6.07 Å². The van der Waals surface area contributed by atoms with Gasteiger partial charge in [0.2, 0.25) is 0 Å². The molecule has 7 nitrogen and oxygen atoms in total. The number of aromatic nitrogens is 1. The number of hydrogen-bond acceptors (Lipinski definition) is 7. The number of aliphatic hydroxyl groups excluding tert-OH is 1. The summed E-state index contributed by atoms with van der Waals surface area (Å²) in [6.45, 7) is 4.03. The first kappa shape index (κ1) is 17.9. The van der Waals surface area contributed by atoms with Crippen molar-refractivity contribution in [1.82, 2.24) is 9.88 Å². The molecule has 2 aliphatic rings. The van der Waals surface area contributed by atoms with Crippen LogP contribution in [0.1, 0.15) is 36.0 Å². The highest BCUT2D eigenvalue weighted by Gasteiger charge is 2.25. The maximum absolute atomic E-state index is 9.66. The molecule has 136 valence electrons. The lowest BCUT2D eigenvalue weighted by Gasteiger charge is -2.29. The Hall–Kier alpha value is -1.88. The van der Waals surface area contributed by atoms with E-state index in [1.54, 1.807) is 0 Å². The third kappa shape index (κ3) is 4.21. The molecule has 3 heterocycles. The van der Waals surface area contributed by atoms with Crippen LogP contribution in [0.4, 0.5) is 11.6 Å². The van der Waals surface area contributed by atoms with E-state index in [0.717, 1.165) is 62.4 Å². The van der Waals surface area contributed by atoms with E-state index >= 15 is 0 Å². The van der Waals surface area contributed by atoms with Crippen molar-refractivity contribution in [2.75, 3.05) is 50.5 Å². The predicted molar refractivity (Wildman–Crippen MR) is 96.6 cm³/mol. The van der Waals surface area contributed by atoms with E-state index < -0.39 is 0 Å². The summed E-state index contributed by atoms with van der Waals surface area (Å²) >= 11 is 0. The molecule has 25 heavy (non-hydrogen) atoms. The Morgan fingerprint density at radius 3 is 2.96 bits per heavy atom. The van der Waals surface area contributed by atoms with Gasteiger partial charge in [0, 0.05) is 45.0 Å². The van der Waals surface area contributed by atoms with Crippen LogP contribution in [0, 0.1) is 11.3 Å². The summed E-state index contributed by atoms with van der Waals surface area (Å²) in [6.07, 6.45) is 3.90. The molecule has 1 unspecified atom stereocenters. The van der Waals surface area contributed by atoms with Crippen LogP contribution in [0.2, 0.25) is 0 Å². The van der Waals surface area contributed by atoms with Gasteiger partial charge in [0.05, 0.1) is 11.7 Å². The first-order valence-electron chi connectivity index (χ1n) is 9.07. The van der Waals surface area contributed by atoms with Crippen LogP contribution in [0.5, 0.6) is 0 Å². The third-order valence-corrected chi connectivity index (χ3v) is 4.84. The highest BCUT2D eigenvalue weighted by atomic mass is 16.5. The number of nitrogens with zero attached hydrogens (tertiary/aromatic N) is 3. The molecular formula is C18H27N5O2. The van der Waals surface area contributed by atoms with Gasteiger partial charge in [-0.25, -0.2) is 4.98 Å². The summed E-state index contributed by atoms with van der Waals surface area (Å²) in [5.74, 6) is 1.47. The standard InChI is InChI=1S/C18H27N5O2/c1-23-7-5-14-15(10-19)17(20-6-3-8-24)22-18(16(14)12-23)21-11-13-4-2-9-25-13/h13,24H,2-9,11-12H2,1H3,(H2,20,21,22). The summed E-state index contributed by atoms with van der Waals surface area (Å²) in [6, 6.07) is 2.33. The average Bonchev–Trinajstić information content (AvgIpc) is 3.13. The van der Waals surface area contributed by atoms with E-state index in [2.05, 4.69) is 28.7 Å². The number of hydrogen-bond donors (Lipinski definition) is 3. The second kappa shape index (κ2) is 8.48. The van der Waals surface area contributed by atoms with Gasteiger partial charge in [-0.3, -0.25) is 0 Å². The second-order valence-electron chi connectivity index (χ2n) is 6.76. The van der Waals surface area contributed by atoms with Gasteiger partial charge >= 0.3 is 0 Å². The first-order chi connectivity index (χ1) is 12.2. The van der Waals surface area contributed by atoms with Crippen molar-refractivity contribution in [1.29, 1.82) is 5.26 Å². The van der Waals surface area contributed by atoms with E-state index in [4.69, 9.17) is 14.8 Å². The van der Waals surface area contributed by atoms with Crippen LogP contribution >= 0.6 is 0 Å². The molecule has 1 aromatic heterocycles. The minimum atomic E-state index is 0.120. The molecule has 0 aromatic carbocycles. The lowest BCUT2D eigenvalue weighted by atomic mass is 9.96. The number of nitrogens with one attached hydrogen (secondary N) is 2. The molecule has 0 amide bonds. The van der Waals surface area contributed by atoms with Crippen molar-refractivity contribution < 1.29 is 9.84 Å². The normalized spacial score (nSPS) is 20.1. The Morgan fingerprint density at radius 2 is 2.24 bits per heavy atom. The van der Waals surface area contributed by atoms with E-state index in [-0.39, 0.29) is 12.7 Å². The molecule has 7 heteroatoms. The topological polar surface area (TPSA) is 93.4 Å². The van der Waals surface area contributed by atoms with E-state index in [1.807, 2.05) is 0 Å². The van der Waals surface area contributed by atoms with Crippen molar-refractivity contribution in [3.05, 3.63) is 16.7 Å². The SMILES string of the molecule is CN1CCc2c(C#N)c(NCCCO)nc(NCC3CCCO3)c2C1. The molecular weight excluding hydrogens is 318 g/mol. The van der Waals surface area contributed by atoms with Crippen LogP contribution in [0.15, 0.2) is 0 Å². The smallest absolute Gasteiger partial charge is 0.146 e. The van der Waals surface area contributed by atoms with Crippen LogP contribution in [0.3, 0.4) is 0 Å². The zero-order valence-corrected chi connectivity index (χ0v) is 14.8. The zero-order valence-electron chi connectivity index (χ0n) is 14.8. The third-order valence-electron chi connectivity index (χ3n) is 4.84. The Bertz CT molecular complexity index is 637. The summed E-state index contributed by atoms with van der Waals surface area (Å²) in [7, 11) is 2.09. The van der Waals surface area contributed by atoms with E-state index in [9.17, 15) is 5.26 Å². The summed E-state index contributed by atoms with van der Waals surface area (Å²) in [5, 5.41) is 25.3. The van der Waals surface area contributed by atoms with Crippen LogP contribution in [0.25, 0.3) is 0 Å². The quantitative estimate of drug-likeness (QED) is 0.642. The number of rotatable bonds is 7. The summed E-state index contributed by atoms with van der Waals surface area (Å²) in [4.78, 5) is 6.97. The number of ether oxygens (including phenoxy) is 1. The van der Waals surface area contributed by atoms with E-state index in [0.29, 0.717) is 24.3 Å². The number of nitriles is 1. The molecule has 0 radical (unpaired) electrons. The van der Waals surface area contributed by atoms with Gasteiger partial charge in [0.15, 0.2) is 0 Å². The number of anilines is 2. The van der Waals surface area contributed by atoms with Crippen LogP contribution in [-0.4, -0.2) is 61.0 Å². The molecule has 0 saturated carbocycles. The number of pyridine rings is 1. The maximum Gasteiger partial charge on any atom is 0.146 e. The Balaban J connectivity index is 1.87. The van der Waals surface area contributed by atoms with Crippen molar-refractivity contribution in [3.63, 3.8) is 0 Å². The Kier molecular flexibility index (Phi) is 6.08. The maximum atomic E-state index is 9.66. The van der Waals surface area contributed by atoms with Gasteiger partial charge in [0.25, 0.3) is 0 Å². The lowest BCUT2D eigenvalue weighted by molar-refractivity contribution is 0.120. The molecule has 3 rings (SSSR count). The number of likely N-dealkylation sites (N-methyl/N-ethyl adjacent to an activating group) is 1. The lowest BCUT2D eigenvalue weighted by Crippen LogP contribution is -2.30. The average molecular weight is 345 g/mol.